The lowest BCUT2D eigenvalue weighted by atomic mass is 10.00. The highest BCUT2D eigenvalue weighted by atomic mass is 32.1. The maximum Gasteiger partial charge on any atom is 0.280 e. The molecule has 1 fully saturated rings. The molecule has 1 aliphatic carbocycles. The predicted molar refractivity (Wildman–Crippen MR) is 142 cm³/mol. The van der Waals surface area contributed by atoms with Gasteiger partial charge >= 0.3 is 0 Å². The van der Waals surface area contributed by atoms with Crippen LogP contribution in [0, 0.1) is 31.6 Å². The molecule has 12 heteroatoms. The van der Waals surface area contributed by atoms with E-state index in [2.05, 4.69) is 37.3 Å². The quantitative estimate of drug-likeness (QED) is 0.347. The van der Waals surface area contributed by atoms with E-state index < -0.39 is 18.0 Å². The summed E-state index contributed by atoms with van der Waals surface area (Å²) in [7, 11) is 1.36. The first kappa shape index (κ1) is 26.1. The molecule has 4 heterocycles. The summed E-state index contributed by atoms with van der Waals surface area (Å²) in [5, 5.41) is 11.3. The first-order valence-corrected chi connectivity index (χ1v) is 12.7. The van der Waals surface area contributed by atoms with Gasteiger partial charge in [-0.15, -0.1) is 10.2 Å². The summed E-state index contributed by atoms with van der Waals surface area (Å²) in [5.41, 5.74) is 1.26. The number of anilines is 1. The summed E-state index contributed by atoms with van der Waals surface area (Å²) in [6.07, 6.45) is 3.35. The number of pyridine rings is 3. The van der Waals surface area contributed by atoms with Crippen molar-refractivity contribution in [3.05, 3.63) is 74.5 Å². The fourth-order valence-corrected chi connectivity index (χ4v) is 4.32. The molecule has 1 amide bonds. The molecule has 4 aromatic heterocycles. The Morgan fingerprint density at radius 1 is 1.13 bits per heavy atom. The third kappa shape index (κ3) is 5.68. The van der Waals surface area contributed by atoms with Crippen molar-refractivity contribution in [1.82, 2.24) is 24.7 Å². The van der Waals surface area contributed by atoms with Gasteiger partial charge in [0.2, 0.25) is 5.13 Å². The lowest BCUT2D eigenvalue weighted by Gasteiger charge is -2.16. The summed E-state index contributed by atoms with van der Waals surface area (Å²) < 4.78 is 33.9. The maximum atomic E-state index is 13.6. The van der Waals surface area contributed by atoms with Gasteiger partial charge in [-0.25, -0.2) is 13.8 Å². The van der Waals surface area contributed by atoms with Gasteiger partial charge in [-0.2, -0.15) is 0 Å². The summed E-state index contributed by atoms with van der Waals surface area (Å²) in [5.74, 6) is 6.18. The Morgan fingerprint density at radius 3 is 2.64 bits per heavy atom. The van der Waals surface area contributed by atoms with Gasteiger partial charge in [0.05, 0.1) is 18.9 Å². The van der Waals surface area contributed by atoms with Crippen molar-refractivity contribution in [2.75, 3.05) is 12.4 Å². The van der Waals surface area contributed by atoms with Crippen molar-refractivity contribution in [1.29, 1.82) is 0 Å². The monoisotopic (exact) mass is 548 g/mol. The molecule has 0 saturated heterocycles. The van der Waals surface area contributed by atoms with Crippen LogP contribution in [0.25, 0.3) is 16.9 Å². The van der Waals surface area contributed by atoms with E-state index in [0.29, 0.717) is 10.9 Å². The Labute approximate surface area is 225 Å². The standard InChI is InChI=1S/C27H22F2N6O3S/c1-14-8-24(36)35(13-15(14)2)22-10-17(18-9-20(25(28)29)30-12-21(18)38-3)19(11-31-22)26(37)32-27-34-33-23(39-27)7-6-16-4-5-16/h8-13,16,25H,4-5H2,1-3H3,(H,32,34,37). The Morgan fingerprint density at radius 2 is 1.92 bits per heavy atom. The Hall–Kier alpha value is -4.50. The predicted octanol–water partition coefficient (Wildman–Crippen LogP) is 4.72. The van der Waals surface area contributed by atoms with Crippen LogP contribution in [-0.2, 0) is 0 Å². The minimum atomic E-state index is -2.85. The molecule has 1 saturated carbocycles. The van der Waals surface area contributed by atoms with E-state index in [1.807, 2.05) is 13.8 Å². The van der Waals surface area contributed by atoms with Crippen LogP contribution in [0.4, 0.5) is 13.9 Å². The highest BCUT2D eigenvalue weighted by Crippen LogP contribution is 2.35. The van der Waals surface area contributed by atoms with E-state index in [1.54, 1.807) is 6.20 Å². The van der Waals surface area contributed by atoms with E-state index >= 15 is 0 Å². The first-order valence-electron chi connectivity index (χ1n) is 11.9. The van der Waals surface area contributed by atoms with E-state index in [9.17, 15) is 18.4 Å². The molecule has 0 spiro atoms. The number of carbonyl (C=O) groups excluding carboxylic acids is 1. The van der Waals surface area contributed by atoms with Crippen molar-refractivity contribution in [2.45, 2.75) is 33.1 Å². The smallest absolute Gasteiger partial charge is 0.280 e. The van der Waals surface area contributed by atoms with E-state index in [0.717, 1.165) is 47.6 Å². The lowest BCUT2D eigenvalue weighted by Crippen LogP contribution is -2.20. The van der Waals surface area contributed by atoms with Crippen molar-refractivity contribution < 1.29 is 18.3 Å². The Bertz CT molecular complexity index is 1700. The van der Waals surface area contributed by atoms with Crippen molar-refractivity contribution >= 4 is 22.4 Å². The zero-order valence-corrected chi connectivity index (χ0v) is 22.0. The topological polar surface area (TPSA) is 112 Å². The van der Waals surface area contributed by atoms with Gasteiger partial charge in [0, 0.05) is 35.5 Å². The van der Waals surface area contributed by atoms with Gasteiger partial charge < -0.3 is 4.74 Å². The summed E-state index contributed by atoms with van der Waals surface area (Å²) in [6, 6.07) is 4.10. The van der Waals surface area contributed by atoms with Crippen LogP contribution in [0.1, 0.15) is 51.5 Å². The average molecular weight is 549 g/mol. The zero-order chi connectivity index (χ0) is 27.7. The molecular weight excluding hydrogens is 526 g/mol. The normalized spacial score (nSPS) is 12.7. The van der Waals surface area contributed by atoms with Gasteiger partial charge in [0.15, 0.2) is 5.01 Å². The minimum Gasteiger partial charge on any atom is -0.494 e. The van der Waals surface area contributed by atoms with Gasteiger partial charge in [-0.3, -0.25) is 24.5 Å². The number of halogens is 2. The van der Waals surface area contributed by atoms with Crippen molar-refractivity contribution in [2.24, 2.45) is 5.92 Å². The fourth-order valence-electron chi connectivity index (χ4n) is 3.72. The molecule has 198 valence electrons. The fraction of sp³-hybridized carbons (Fsp3) is 0.259. The molecule has 0 aromatic carbocycles. The van der Waals surface area contributed by atoms with Gasteiger partial charge in [0.1, 0.15) is 17.3 Å². The van der Waals surface area contributed by atoms with Crippen LogP contribution in [0.3, 0.4) is 0 Å². The van der Waals surface area contributed by atoms with Crippen LogP contribution in [0.2, 0.25) is 0 Å². The molecule has 39 heavy (non-hydrogen) atoms. The Balaban J connectivity index is 1.60. The SMILES string of the molecule is COc1cnc(C(F)F)cc1-c1cc(-n2cc(C)c(C)cc2=O)ncc1C(=O)Nc1nnc(C#CC2CC2)s1. The number of amides is 1. The molecule has 0 radical (unpaired) electrons. The van der Waals surface area contributed by atoms with Crippen LogP contribution >= 0.6 is 11.3 Å². The molecule has 0 aliphatic heterocycles. The van der Waals surface area contributed by atoms with Gasteiger partial charge in [0.25, 0.3) is 17.9 Å². The summed E-state index contributed by atoms with van der Waals surface area (Å²) in [6.45, 7) is 3.66. The molecule has 0 bridgehead atoms. The Kier molecular flexibility index (Phi) is 7.17. The van der Waals surface area contributed by atoms with Crippen molar-refractivity contribution in [3.8, 4) is 34.5 Å². The van der Waals surface area contributed by atoms with Crippen LogP contribution in [0.15, 0.2) is 41.6 Å². The second-order valence-corrected chi connectivity index (χ2v) is 9.93. The maximum absolute atomic E-state index is 13.6. The number of carbonyl (C=O) groups is 1. The van der Waals surface area contributed by atoms with Crippen LogP contribution in [-0.4, -0.2) is 37.7 Å². The molecule has 5 rings (SSSR count). The van der Waals surface area contributed by atoms with Gasteiger partial charge in [-0.1, -0.05) is 17.3 Å². The number of aromatic nitrogens is 5. The lowest BCUT2D eigenvalue weighted by molar-refractivity contribution is 0.102. The highest BCUT2D eigenvalue weighted by molar-refractivity contribution is 7.15. The molecule has 1 N–H and O–H groups in total. The number of alkyl halides is 2. The van der Waals surface area contributed by atoms with E-state index in [4.69, 9.17) is 4.74 Å². The molecule has 0 atom stereocenters. The number of nitrogens with zero attached hydrogens (tertiary/aromatic N) is 5. The molecule has 9 nitrogen and oxygen atoms in total. The second kappa shape index (κ2) is 10.7. The number of hydrogen-bond acceptors (Lipinski definition) is 8. The number of hydrogen-bond donors (Lipinski definition) is 1. The number of methoxy groups -OCH3 is 1. The molecule has 1 aliphatic rings. The number of aryl methyl sites for hydroxylation is 2. The van der Waals surface area contributed by atoms with Crippen LogP contribution < -0.4 is 15.6 Å². The zero-order valence-electron chi connectivity index (χ0n) is 21.2. The van der Waals surface area contributed by atoms with E-state index in [-0.39, 0.29) is 38.9 Å². The number of ether oxygens (including phenoxy) is 1. The average Bonchev–Trinajstić information content (AvgIpc) is 3.66. The minimum absolute atomic E-state index is 0.0427. The molecular formula is C27H22F2N6O3S. The third-order valence-electron chi connectivity index (χ3n) is 6.13. The highest BCUT2D eigenvalue weighted by Gasteiger charge is 2.22. The molecule has 4 aromatic rings. The third-order valence-corrected chi connectivity index (χ3v) is 6.89. The number of nitrogens with one attached hydrogen (secondary N) is 1. The summed E-state index contributed by atoms with van der Waals surface area (Å²) >= 11 is 1.12. The van der Waals surface area contributed by atoms with E-state index in [1.165, 1.54) is 30.0 Å². The van der Waals surface area contributed by atoms with Gasteiger partial charge in [-0.05, 0) is 55.9 Å². The second-order valence-electron chi connectivity index (χ2n) is 8.96. The molecule has 0 unspecified atom stereocenters. The van der Waals surface area contributed by atoms with Crippen LogP contribution in [0.5, 0.6) is 5.75 Å². The largest absolute Gasteiger partial charge is 0.494 e. The first-order chi connectivity index (χ1) is 18.7. The number of rotatable bonds is 6. The van der Waals surface area contributed by atoms with Crippen molar-refractivity contribution in [3.63, 3.8) is 0 Å². The summed E-state index contributed by atoms with van der Waals surface area (Å²) in [4.78, 5) is 34.3.